The van der Waals surface area contributed by atoms with Crippen LogP contribution in [0.4, 0.5) is 0 Å². The van der Waals surface area contributed by atoms with Gasteiger partial charge in [-0.2, -0.15) is 0 Å². The van der Waals surface area contributed by atoms with E-state index in [0.29, 0.717) is 0 Å². The Morgan fingerprint density at radius 2 is 2.06 bits per heavy atom. The molecule has 0 amide bonds. The minimum absolute atomic E-state index is 0.206. The van der Waals surface area contributed by atoms with Crippen molar-refractivity contribution in [3.05, 3.63) is 47.8 Å². The first-order valence-corrected chi connectivity index (χ1v) is 5.90. The Bertz CT molecular complexity index is 499. The van der Waals surface area contributed by atoms with Crippen LogP contribution in [0.1, 0.15) is 11.3 Å². The van der Waals surface area contributed by atoms with Crippen LogP contribution in [-0.2, 0) is 18.9 Å². The predicted octanol–water partition coefficient (Wildman–Crippen LogP) is 0.899. The van der Waals surface area contributed by atoms with Gasteiger partial charge in [0.1, 0.15) is 0 Å². The van der Waals surface area contributed by atoms with Crippen molar-refractivity contribution < 1.29 is 0 Å². The molecule has 0 atom stereocenters. The van der Waals surface area contributed by atoms with Crippen molar-refractivity contribution in [1.82, 2.24) is 20.3 Å². The smallest absolute Gasteiger partial charge is 0.0836 e. The fourth-order valence-electron chi connectivity index (χ4n) is 2.47. The van der Waals surface area contributed by atoms with E-state index in [0.717, 1.165) is 25.2 Å². The monoisotopic (exact) mass is 228 g/mol. The lowest BCUT2D eigenvalue weighted by Gasteiger charge is -2.43. The van der Waals surface area contributed by atoms with Crippen LogP contribution in [0.25, 0.3) is 0 Å². The van der Waals surface area contributed by atoms with Gasteiger partial charge in [-0.05, 0) is 5.56 Å². The molecule has 17 heavy (non-hydrogen) atoms. The SMILES string of the molecule is Cn1cc(CC2(c3ccccc3)CNC2)nn1. The Hall–Kier alpha value is -1.68. The fraction of sp³-hybridized carbons (Fsp3) is 0.385. The molecule has 0 unspecified atom stereocenters. The van der Waals surface area contributed by atoms with Crippen LogP contribution in [0.15, 0.2) is 36.5 Å². The second-order valence-electron chi connectivity index (χ2n) is 4.81. The minimum atomic E-state index is 0.206. The molecule has 0 spiro atoms. The van der Waals surface area contributed by atoms with Crippen molar-refractivity contribution in [2.24, 2.45) is 7.05 Å². The van der Waals surface area contributed by atoms with E-state index in [4.69, 9.17) is 0 Å². The van der Waals surface area contributed by atoms with Crippen LogP contribution in [0, 0.1) is 0 Å². The zero-order chi connectivity index (χ0) is 11.7. The molecule has 1 aromatic heterocycles. The van der Waals surface area contributed by atoms with E-state index >= 15 is 0 Å². The molecule has 1 fully saturated rings. The third kappa shape index (κ3) is 1.85. The third-order valence-corrected chi connectivity index (χ3v) is 3.48. The van der Waals surface area contributed by atoms with Crippen molar-refractivity contribution in [3.63, 3.8) is 0 Å². The zero-order valence-electron chi connectivity index (χ0n) is 9.93. The number of hydrogen-bond donors (Lipinski definition) is 1. The molecule has 1 aliphatic heterocycles. The number of aromatic nitrogens is 3. The second kappa shape index (κ2) is 3.96. The Balaban J connectivity index is 1.88. The van der Waals surface area contributed by atoms with Crippen LogP contribution < -0.4 is 5.32 Å². The van der Waals surface area contributed by atoms with Crippen LogP contribution in [0.5, 0.6) is 0 Å². The standard InChI is InChI=1S/C13H16N4/c1-17-8-12(15-16-17)7-13(9-14-10-13)11-5-3-2-4-6-11/h2-6,8,14H,7,9-10H2,1H3. The molecule has 2 heterocycles. The van der Waals surface area contributed by atoms with E-state index in [1.165, 1.54) is 5.56 Å². The highest BCUT2D eigenvalue weighted by Crippen LogP contribution is 2.31. The molecular formula is C13H16N4. The summed E-state index contributed by atoms with van der Waals surface area (Å²) in [5.41, 5.74) is 2.67. The molecule has 88 valence electrons. The topological polar surface area (TPSA) is 42.7 Å². The summed E-state index contributed by atoms with van der Waals surface area (Å²) in [6.45, 7) is 2.04. The lowest BCUT2D eigenvalue weighted by atomic mass is 9.72. The lowest BCUT2D eigenvalue weighted by molar-refractivity contribution is 0.272. The van der Waals surface area contributed by atoms with E-state index in [9.17, 15) is 0 Å². The quantitative estimate of drug-likeness (QED) is 0.848. The lowest BCUT2D eigenvalue weighted by Crippen LogP contribution is -2.58. The van der Waals surface area contributed by atoms with Crippen molar-refractivity contribution >= 4 is 0 Å². The summed E-state index contributed by atoms with van der Waals surface area (Å²) in [7, 11) is 1.91. The van der Waals surface area contributed by atoms with Crippen molar-refractivity contribution in [1.29, 1.82) is 0 Å². The second-order valence-corrected chi connectivity index (χ2v) is 4.81. The molecule has 4 nitrogen and oxygen atoms in total. The van der Waals surface area contributed by atoms with Gasteiger partial charge in [0.2, 0.25) is 0 Å². The first-order chi connectivity index (χ1) is 8.28. The molecule has 0 radical (unpaired) electrons. The van der Waals surface area contributed by atoms with Gasteiger partial charge < -0.3 is 5.32 Å². The molecule has 1 saturated heterocycles. The summed E-state index contributed by atoms with van der Waals surface area (Å²) >= 11 is 0. The largest absolute Gasteiger partial charge is 0.315 e. The number of aryl methyl sites for hydroxylation is 1. The normalized spacial score (nSPS) is 17.7. The third-order valence-electron chi connectivity index (χ3n) is 3.48. The Morgan fingerprint density at radius 3 is 2.59 bits per heavy atom. The zero-order valence-corrected chi connectivity index (χ0v) is 9.93. The van der Waals surface area contributed by atoms with E-state index < -0.39 is 0 Å². The summed E-state index contributed by atoms with van der Waals surface area (Å²) in [4.78, 5) is 0. The first-order valence-electron chi connectivity index (χ1n) is 5.90. The molecule has 1 aliphatic rings. The van der Waals surface area contributed by atoms with Crippen LogP contribution >= 0.6 is 0 Å². The van der Waals surface area contributed by atoms with Gasteiger partial charge in [-0.3, -0.25) is 4.68 Å². The van der Waals surface area contributed by atoms with Crippen LogP contribution in [0.2, 0.25) is 0 Å². The Morgan fingerprint density at radius 1 is 1.29 bits per heavy atom. The molecule has 1 N–H and O–H groups in total. The number of benzene rings is 1. The van der Waals surface area contributed by atoms with Gasteiger partial charge in [-0.25, -0.2) is 0 Å². The molecule has 1 aromatic carbocycles. The van der Waals surface area contributed by atoms with E-state index in [2.05, 4.69) is 46.0 Å². The van der Waals surface area contributed by atoms with E-state index in [-0.39, 0.29) is 5.41 Å². The molecule has 2 aromatic rings. The average Bonchev–Trinajstić information content (AvgIpc) is 2.71. The average molecular weight is 228 g/mol. The maximum Gasteiger partial charge on any atom is 0.0836 e. The van der Waals surface area contributed by atoms with Gasteiger partial charge in [0.15, 0.2) is 0 Å². The van der Waals surface area contributed by atoms with Gasteiger partial charge in [-0.1, -0.05) is 35.5 Å². The van der Waals surface area contributed by atoms with E-state index in [1.54, 1.807) is 4.68 Å². The van der Waals surface area contributed by atoms with Crippen LogP contribution in [-0.4, -0.2) is 28.1 Å². The highest BCUT2D eigenvalue weighted by Gasteiger charge is 2.39. The predicted molar refractivity (Wildman–Crippen MR) is 65.7 cm³/mol. The fourth-order valence-corrected chi connectivity index (χ4v) is 2.47. The molecular weight excluding hydrogens is 212 g/mol. The number of nitrogens with one attached hydrogen (secondary N) is 1. The summed E-state index contributed by atoms with van der Waals surface area (Å²) in [5.74, 6) is 0. The summed E-state index contributed by atoms with van der Waals surface area (Å²) in [5, 5.41) is 11.6. The summed E-state index contributed by atoms with van der Waals surface area (Å²) in [6.07, 6.45) is 2.96. The highest BCUT2D eigenvalue weighted by atomic mass is 15.4. The number of rotatable bonds is 3. The maximum absolute atomic E-state index is 4.19. The van der Waals surface area contributed by atoms with Crippen molar-refractivity contribution in [2.45, 2.75) is 11.8 Å². The van der Waals surface area contributed by atoms with Gasteiger partial charge in [0.25, 0.3) is 0 Å². The van der Waals surface area contributed by atoms with Crippen molar-refractivity contribution in [3.8, 4) is 0 Å². The Labute approximate surface area is 101 Å². The minimum Gasteiger partial charge on any atom is -0.315 e. The molecule has 0 aliphatic carbocycles. The van der Waals surface area contributed by atoms with Crippen molar-refractivity contribution in [2.75, 3.05) is 13.1 Å². The molecule has 0 saturated carbocycles. The van der Waals surface area contributed by atoms with Crippen LogP contribution in [0.3, 0.4) is 0 Å². The summed E-state index contributed by atoms with van der Waals surface area (Å²) < 4.78 is 1.76. The first kappa shape index (κ1) is 10.5. The maximum atomic E-state index is 4.19. The van der Waals surface area contributed by atoms with Gasteiger partial charge in [0.05, 0.1) is 5.69 Å². The number of nitrogens with zero attached hydrogens (tertiary/aromatic N) is 3. The molecule has 0 bridgehead atoms. The number of hydrogen-bond acceptors (Lipinski definition) is 3. The summed E-state index contributed by atoms with van der Waals surface area (Å²) in [6, 6.07) is 10.7. The molecule has 4 heteroatoms. The highest BCUT2D eigenvalue weighted by molar-refractivity contribution is 5.31. The van der Waals surface area contributed by atoms with Gasteiger partial charge in [-0.15, -0.1) is 5.10 Å². The van der Waals surface area contributed by atoms with Gasteiger partial charge >= 0.3 is 0 Å². The molecule has 3 rings (SSSR count). The van der Waals surface area contributed by atoms with Gasteiger partial charge in [0, 0.05) is 38.2 Å². The van der Waals surface area contributed by atoms with E-state index in [1.807, 2.05) is 13.2 Å². The Kier molecular flexibility index (Phi) is 2.44.